The van der Waals surface area contributed by atoms with Crippen LogP contribution in [0.4, 0.5) is 5.13 Å². The summed E-state index contributed by atoms with van der Waals surface area (Å²) in [6, 6.07) is 13.1. The molecule has 2 aromatic carbocycles. The summed E-state index contributed by atoms with van der Waals surface area (Å²) in [5.74, 6) is 0.129. The van der Waals surface area contributed by atoms with Gasteiger partial charge in [-0.1, -0.05) is 40.6 Å². The smallest absolute Gasteiger partial charge is 0.229 e. The Kier molecular flexibility index (Phi) is 7.91. The zero-order valence-corrected chi connectivity index (χ0v) is 21.8. The lowest BCUT2D eigenvalue weighted by Crippen LogP contribution is -2.30. The van der Waals surface area contributed by atoms with Crippen LogP contribution < -0.4 is 9.64 Å². The van der Waals surface area contributed by atoms with Crippen molar-refractivity contribution < 1.29 is 17.9 Å². The van der Waals surface area contributed by atoms with Gasteiger partial charge in [-0.05, 0) is 54.4 Å². The van der Waals surface area contributed by atoms with Crippen LogP contribution in [0.1, 0.15) is 18.4 Å². The van der Waals surface area contributed by atoms with Gasteiger partial charge in [-0.25, -0.2) is 13.4 Å². The number of hydrogen-bond acceptors (Lipinski definition) is 7. The first-order chi connectivity index (χ1) is 16.8. The molecule has 7 nitrogen and oxygen atoms in total. The van der Waals surface area contributed by atoms with Crippen LogP contribution >= 0.6 is 34.5 Å². The van der Waals surface area contributed by atoms with Crippen LogP contribution in [0.3, 0.4) is 0 Å². The predicted octanol–water partition coefficient (Wildman–Crippen LogP) is 5.79. The molecule has 0 aliphatic heterocycles. The predicted molar refractivity (Wildman–Crippen MR) is 139 cm³/mol. The second-order valence-corrected chi connectivity index (χ2v) is 11.6. The summed E-state index contributed by atoms with van der Waals surface area (Å²) in [6.07, 6.45) is 3.50. The summed E-state index contributed by atoms with van der Waals surface area (Å²) < 4.78 is 31.4. The van der Waals surface area contributed by atoms with Crippen LogP contribution in [0, 0.1) is 0 Å². The lowest BCUT2D eigenvalue weighted by atomic mass is 10.2. The highest BCUT2D eigenvalue weighted by Crippen LogP contribution is 2.39. The number of halogens is 2. The monoisotopic (exact) mass is 549 g/mol. The van der Waals surface area contributed by atoms with E-state index in [1.807, 2.05) is 6.07 Å². The van der Waals surface area contributed by atoms with E-state index in [1.54, 1.807) is 37.7 Å². The molecule has 182 valence electrons. The quantitative estimate of drug-likeness (QED) is 0.262. The van der Waals surface area contributed by atoms with Crippen LogP contribution in [-0.2, 0) is 21.2 Å². The number of thiazole rings is 1. The van der Waals surface area contributed by atoms with Gasteiger partial charge >= 0.3 is 0 Å². The average Bonchev–Trinajstić information content (AvgIpc) is 3.30. The molecule has 4 aromatic rings. The standard InChI is InChI=1S/C24H21Cl2N3O4S2/c1-33-20-11-10-19(26)23-22(20)28-24(34-23)29(15-16-4-2-12-27-14-16)21(30)5-3-13-35(31,32)18-8-6-17(25)7-9-18/h2,4,6-12,14H,3,5,13,15H2,1H3. The van der Waals surface area contributed by atoms with Gasteiger partial charge in [0.25, 0.3) is 0 Å². The first-order valence-corrected chi connectivity index (χ1v) is 13.8. The van der Waals surface area contributed by atoms with Crippen molar-refractivity contribution in [2.45, 2.75) is 24.3 Å². The van der Waals surface area contributed by atoms with E-state index in [0.29, 0.717) is 31.1 Å². The molecule has 0 radical (unpaired) electrons. The zero-order valence-electron chi connectivity index (χ0n) is 18.6. The number of anilines is 1. The molecule has 0 saturated carbocycles. The number of ether oxygens (including phenoxy) is 1. The number of sulfone groups is 1. The van der Waals surface area contributed by atoms with Gasteiger partial charge in [0.1, 0.15) is 11.3 Å². The molecule has 0 atom stereocenters. The summed E-state index contributed by atoms with van der Waals surface area (Å²) in [7, 11) is -2.00. The second kappa shape index (κ2) is 10.9. The molecule has 0 fully saturated rings. The van der Waals surface area contributed by atoms with Crippen molar-refractivity contribution >= 4 is 65.6 Å². The van der Waals surface area contributed by atoms with Gasteiger partial charge in [0, 0.05) is 23.8 Å². The maximum Gasteiger partial charge on any atom is 0.229 e. The van der Waals surface area contributed by atoms with Gasteiger partial charge in [0.05, 0.1) is 34.0 Å². The van der Waals surface area contributed by atoms with E-state index in [2.05, 4.69) is 9.97 Å². The Morgan fingerprint density at radius 3 is 2.57 bits per heavy atom. The maximum atomic E-state index is 13.3. The third kappa shape index (κ3) is 5.92. The molecule has 2 heterocycles. The van der Waals surface area contributed by atoms with Gasteiger partial charge in [-0.15, -0.1) is 0 Å². The number of amides is 1. The molecular weight excluding hydrogens is 529 g/mol. The van der Waals surface area contributed by atoms with Gasteiger partial charge in [-0.2, -0.15) is 0 Å². The highest BCUT2D eigenvalue weighted by Gasteiger charge is 2.23. The molecule has 0 bridgehead atoms. The number of carbonyl (C=O) groups is 1. The Balaban J connectivity index is 1.57. The molecule has 0 N–H and O–H groups in total. The fraction of sp³-hybridized carbons (Fsp3) is 0.208. The van der Waals surface area contributed by atoms with Crippen molar-refractivity contribution in [3.8, 4) is 5.75 Å². The minimum absolute atomic E-state index is 0.0217. The maximum absolute atomic E-state index is 13.3. The first-order valence-electron chi connectivity index (χ1n) is 10.6. The van der Waals surface area contributed by atoms with E-state index < -0.39 is 9.84 Å². The van der Waals surface area contributed by atoms with Crippen molar-refractivity contribution in [3.05, 3.63) is 76.5 Å². The van der Waals surface area contributed by atoms with Gasteiger partial charge in [0.2, 0.25) is 5.91 Å². The third-order valence-corrected chi connectivity index (χ3v) is 8.85. The van der Waals surface area contributed by atoms with Crippen LogP contribution in [0.2, 0.25) is 10.0 Å². The molecule has 4 rings (SSSR count). The van der Waals surface area contributed by atoms with E-state index in [1.165, 1.54) is 40.5 Å². The number of pyridine rings is 1. The number of methoxy groups -OCH3 is 1. The minimum atomic E-state index is -3.54. The van der Waals surface area contributed by atoms with Crippen molar-refractivity contribution in [3.63, 3.8) is 0 Å². The van der Waals surface area contributed by atoms with E-state index in [0.717, 1.165) is 5.56 Å². The van der Waals surface area contributed by atoms with Crippen molar-refractivity contribution in [2.75, 3.05) is 17.8 Å². The summed E-state index contributed by atoms with van der Waals surface area (Å²) in [6.45, 7) is 0.233. The Morgan fingerprint density at radius 2 is 1.89 bits per heavy atom. The number of rotatable bonds is 9. The van der Waals surface area contributed by atoms with Crippen LogP contribution in [0.15, 0.2) is 65.8 Å². The fourth-order valence-electron chi connectivity index (χ4n) is 3.47. The van der Waals surface area contributed by atoms with Crippen LogP contribution in [0.25, 0.3) is 10.2 Å². The van der Waals surface area contributed by atoms with Crippen molar-refractivity contribution in [2.24, 2.45) is 0 Å². The lowest BCUT2D eigenvalue weighted by molar-refractivity contribution is -0.118. The topological polar surface area (TPSA) is 89.5 Å². The zero-order chi connectivity index (χ0) is 25.0. The van der Waals surface area contributed by atoms with Crippen molar-refractivity contribution in [1.29, 1.82) is 0 Å². The Hall–Kier alpha value is -2.72. The molecule has 2 aromatic heterocycles. The van der Waals surface area contributed by atoms with Crippen LogP contribution in [-0.4, -0.2) is 37.2 Å². The fourth-order valence-corrected chi connectivity index (χ4v) is 6.18. The molecule has 35 heavy (non-hydrogen) atoms. The van der Waals surface area contributed by atoms with E-state index in [-0.39, 0.29) is 35.9 Å². The SMILES string of the molecule is COc1ccc(Cl)c2sc(N(Cc3cccnc3)C(=O)CCCS(=O)(=O)c3ccc(Cl)cc3)nc12. The molecule has 0 unspecified atom stereocenters. The molecule has 0 aliphatic carbocycles. The number of carbonyl (C=O) groups excluding carboxylic acids is 1. The number of hydrogen-bond donors (Lipinski definition) is 0. The summed E-state index contributed by atoms with van der Waals surface area (Å²) in [5.41, 5.74) is 1.38. The largest absolute Gasteiger partial charge is 0.494 e. The van der Waals surface area contributed by atoms with E-state index in [9.17, 15) is 13.2 Å². The number of nitrogens with zero attached hydrogens (tertiary/aromatic N) is 3. The Labute approximate surface area is 217 Å². The number of benzene rings is 2. The third-order valence-electron chi connectivity index (χ3n) is 5.24. The van der Waals surface area contributed by atoms with Gasteiger partial charge < -0.3 is 4.74 Å². The van der Waals surface area contributed by atoms with Gasteiger partial charge in [0.15, 0.2) is 15.0 Å². The second-order valence-electron chi connectivity index (χ2n) is 7.64. The molecule has 1 amide bonds. The van der Waals surface area contributed by atoms with Crippen LogP contribution in [0.5, 0.6) is 5.75 Å². The molecular formula is C24H21Cl2N3O4S2. The highest BCUT2D eigenvalue weighted by atomic mass is 35.5. The highest BCUT2D eigenvalue weighted by molar-refractivity contribution is 7.91. The first kappa shape index (κ1) is 25.4. The molecule has 11 heteroatoms. The molecule has 0 saturated heterocycles. The van der Waals surface area contributed by atoms with E-state index in [4.69, 9.17) is 27.9 Å². The molecule has 0 aliphatic rings. The van der Waals surface area contributed by atoms with E-state index >= 15 is 0 Å². The Bertz CT molecular complexity index is 1440. The lowest BCUT2D eigenvalue weighted by Gasteiger charge is -2.20. The minimum Gasteiger partial charge on any atom is -0.494 e. The molecule has 0 spiro atoms. The summed E-state index contributed by atoms with van der Waals surface area (Å²) in [4.78, 5) is 23.8. The average molecular weight is 550 g/mol. The van der Waals surface area contributed by atoms with Crippen molar-refractivity contribution in [1.82, 2.24) is 9.97 Å². The van der Waals surface area contributed by atoms with Gasteiger partial charge in [-0.3, -0.25) is 14.7 Å². The summed E-state index contributed by atoms with van der Waals surface area (Å²) in [5, 5.41) is 1.41. The normalized spacial score (nSPS) is 11.5. The summed E-state index contributed by atoms with van der Waals surface area (Å²) >= 11 is 13.5. The number of fused-ring (bicyclic) bond motifs is 1. The Morgan fingerprint density at radius 1 is 1.11 bits per heavy atom. The number of aromatic nitrogens is 2.